The van der Waals surface area contributed by atoms with Crippen LogP contribution in [0.5, 0.6) is 0 Å². The maximum Gasteiger partial charge on any atom is 0.309 e. The molecule has 0 bridgehead atoms. The number of allylic oxidation sites excluding steroid dienone is 1. The van der Waals surface area contributed by atoms with Crippen molar-refractivity contribution in [1.82, 2.24) is 9.55 Å². The Bertz CT molecular complexity index is 1150. The fourth-order valence-electron chi connectivity index (χ4n) is 5.20. The molecular weight excluding hydrogens is 472 g/mol. The second kappa shape index (κ2) is 11.9. The molecule has 0 amide bonds. The summed E-state index contributed by atoms with van der Waals surface area (Å²) in [7, 11) is 0. The van der Waals surface area contributed by atoms with Crippen molar-refractivity contribution < 1.29 is 29.6 Å². The van der Waals surface area contributed by atoms with E-state index >= 15 is 0 Å². The van der Waals surface area contributed by atoms with Gasteiger partial charge in [0.05, 0.1) is 35.1 Å². The molecule has 1 aromatic carbocycles. The summed E-state index contributed by atoms with van der Waals surface area (Å²) >= 11 is 0. The Morgan fingerprint density at radius 2 is 1.86 bits per heavy atom. The number of carbonyl (C=O) groups excluding carboxylic acids is 2. The predicted molar refractivity (Wildman–Crippen MR) is 141 cm³/mol. The number of aryl methyl sites for hydroxylation is 1. The highest BCUT2D eigenvalue weighted by molar-refractivity contribution is 5.88. The van der Waals surface area contributed by atoms with E-state index < -0.39 is 35.6 Å². The van der Waals surface area contributed by atoms with Crippen molar-refractivity contribution in [2.45, 2.75) is 98.7 Å². The van der Waals surface area contributed by atoms with Crippen LogP contribution in [0.25, 0.3) is 11.0 Å². The molecule has 5 atom stereocenters. The quantitative estimate of drug-likeness (QED) is 0.402. The van der Waals surface area contributed by atoms with E-state index in [1.54, 1.807) is 25.3 Å². The van der Waals surface area contributed by atoms with Gasteiger partial charge in [-0.25, -0.2) is 4.98 Å². The number of hydrogen-bond donors (Lipinski definition) is 3. The van der Waals surface area contributed by atoms with Crippen molar-refractivity contribution in [2.24, 2.45) is 17.3 Å². The average molecular weight is 515 g/mol. The van der Waals surface area contributed by atoms with Gasteiger partial charge < -0.3 is 24.6 Å². The molecule has 0 saturated heterocycles. The van der Waals surface area contributed by atoms with Crippen molar-refractivity contribution >= 4 is 22.8 Å². The minimum atomic E-state index is -1.26. The molecule has 1 aliphatic heterocycles. The number of esters is 1. The van der Waals surface area contributed by atoms with E-state index in [-0.39, 0.29) is 24.9 Å². The highest BCUT2D eigenvalue weighted by atomic mass is 16.5. The van der Waals surface area contributed by atoms with Crippen LogP contribution in [-0.4, -0.2) is 48.8 Å². The van der Waals surface area contributed by atoms with Gasteiger partial charge in [0.1, 0.15) is 24.4 Å². The van der Waals surface area contributed by atoms with Gasteiger partial charge in [-0.2, -0.15) is 0 Å². The van der Waals surface area contributed by atoms with Crippen LogP contribution in [0.1, 0.15) is 84.2 Å². The summed E-state index contributed by atoms with van der Waals surface area (Å²) < 4.78 is 7.57. The third-order valence-corrected chi connectivity index (χ3v) is 8.00. The summed E-state index contributed by atoms with van der Waals surface area (Å²) in [6, 6.07) is 5.58. The van der Waals surface area contributed by atoms with E-state index in [4.69, 9.17) is 4.74 Å². The van der Waals surface area contributed by atoms with Crippen molar-refractivity contribution in [3.63, 3.8) is 0 Å². The summed E-state index contributed by atoms with van der Waals surface area (Å²) in [6.07, 6.45) is 1.99. The zero-order valence-electron chi connectivity index (χ0n) is 22.9. The van der Waals surface area contributed by atoms with Gasteiger partial charge in [-0.05, 0) is 56.7 Å². The van der Waals surface area contributed by atoms with E-state index in [1.165, 1.54) is 0 Å². The topological polar surface area (TPSA) is 122 Å². The molecule has 2 aromatic rings. The monoisotopic (exact) mass is 514 g/mol. The molecular formula is C29H42N2O6. The van der Waals surface area contributed by atoms with Gasteiger partial charge in [-0.3, -0.25) is 9.59 Å². The number of ether oxygens (including phenoxy) is 1. The average Bonchev–Trinajstić information content (AvgIpc) is 3.18. The Morgan fingerprint density at radius 1 is 1.16 bits per heavy atom. The van der Waals surface area contributed by atoms with Crippen LogP contribution in [0.3, 0.4) is 0 Å². The van der Waals surface area contributed by atoms with Crippen LogP contribution in [0.2, 0.25) is 0 Å². The summed E-state index contributed by atoms with van der Waals surface area (Å²) in [5.74, 6) is -0.924. The molecule has 1 aromatic heterocycles. The Labute approximate surface area is 219 Å². The molecule has 204 valence electrons. The first-order valence-electron chi connectivity index (χ1n) is 13.2. The van der Waals surface area contributed by atoms with E-state index in [9.17, 15) is 24.9 Å². The van der Waals surface area contributed by atoms with Crippen molar-refractivity contribution in [2.75, 3.05) is 0 Å². The first-order chi connectivity index (χ1) is 17.4. The molecule has 0 aliphatic carbocycles. The second-order valence-electron chi connectivity index (χ2n) is 11.2. The van der Waals surface area contributed by atoms with Gasteiger partial charge in [-0.1, -0.05) is 45.4 Å². The molecule has 3 unspecified atom stereocenters. The zero-order valence-corrected chi connectivity index (χ0v) is 22.9. The Morgan fingerprint density at radius 3 is 2.54 bits per heavy atom. The zero-order chi connectivity index (χ0) is 27.5. The second-order valence-corrected chi connectivity index (χ2v) is 11.2. The minimum absolute atomic E-state index is 0.0702. The van der Waals surface area contributed by atoms with E-state index in [1.807, 2.05) is 39.0 Å². The van der Waals surface area contributed by atoms with E-state index in [0.29, 0.717) is 17.8 Å². The fraction of sp³-hybridized carbons (Fsp3) is 0.621. The lowest BCUT2D eigenvalue weighted by Crippen LogP contribution is -2.45. The number of hydrogen-bond acceptors (Lipinski definition) is 7. The first-order valence-corrected chi connectivity index (χ1v) is 13.2. The third kappa shape index (κ3) is 6.48. The van der Waals surface area contributed by atoms with Crippen LogP contribution in [-0.2, 0) is 21.1 Å². The standard InChI is InChI=1S/C29H42N2O6/c1-17-8-7-9-18(2)27(35)19(3)28(36)29(5,6)25(33)15-26(34)37-24(13-10-17)21-11-12-23-22(14-21)30-20(4)31(23)16-32/h10-12,14,18-19,24-25,27,32-33,35H,7-9,13,15-16H2,1-6H3/b17-10-/t18?,19?,24-,25?,27-/m0/s1. The van der Waals surface area contributed by atoms with Crippen molar-refractivity contribution in [1.29, 1.82) is 0 Å². The minimum Gasteiger partial charge on any atom is -0.457 e. The number of imidazole rings is 1. The summed E-state index contributed by atoms with van der Waals surface area (Å²) in [5.41, 5.74) is 2.18. The number of nitrogens with zero attached hydrogens (tertiary/aromatic N) is 2. The first kappa shape index (κ1) is 29.0. The normalized spacial score (nSPS) is 30.1. The molecule has 3 rings (SSSR count). The lowest BCUT2D eigenvalue weighted by molar-refractivity contribution is -0.155. The Kier molecular flexibility index (Phi) is 9.32. The van der Waals surface area contributed by atoms with Crippen molar-refractivity contribution in [3.05, 3.63) is 41.2 Å². The number of aliphatic hydroxyl groups is 3. The molecule has 0 spiro atoms. The molecule has 8 nitrogen and oxygen atoms in total. The van der Waals surface area contributed by atoms with Gasteiger partial charge in [0.15, 0.2) is 0 Å². The highest BCUT2D eigenvalue weighted by Gasteiger charge is 2.42. The number of cyclic esters (lactones) is 1. The molecule has 0 radical (unpaired) electrons. The smallest absolute Gasteiger partial charge is 0.309 e. The number of carbonyl (C=O) groups is 2. The lowest BCUT2D eigenvalue weighted by atomic mass is 9.73. The predicted octanol–water partition coefficient (Wildman–Crippen LogP) is 4.38. The molecule has 0 fully saturated rings. The molecule has 0 saturated carbocycles. The summed E-state index contributed by atoms with van der Waals surface area (Å²) in [6.45, 7) is 10.5. The number of fused-ring (bicyclic) bond motifs is 1. The number of rotatable bonds is 2. The summed E-state index contributed by atoms with van der Waals surface area (Å²) in [5, 5.41) is 31.4. The number of aromatic nitrogens is 2. The van der Waals surface area contributed by atoms with E-state index in [2.05, 4.69) is 11.1 Å². The Hall–Kier alpha value is -2.55. The molecule has 37 heavy (non-hydrogen) atoms. The molecule has 2 heterocycles. The van der Waals surface area contributed by atoms with Crippen LogP contribution >= 0.6 is 0 Å². The number of benzene rings is 1. The third-order valence-electron chi connectivity index (χ3n) is 8.00. The van der Waals surface area contributed by atoms with Gasteiger partial charge >= 0.3 is 5.97 Å². The van der Waals surface area contributed by atoms with Crippen LogP contribution < -0.4 is 0 Å². The summed E-state index contributed by atoms with van der Waals surface area (Å²) in [4.78, 5) is 30.8. The van der Waals surface area contributed by atoms with E-state index in [0.717, 1.165) is 35.9 Å². The van der Waals surface area contributed by atoms with Gasteiger partial charge in [0.25, 0.3) is 0 Å². The molecule has 3 N–H and O–H groups in total. The van der Waals surface area contributed by atoms with Crippen LogP contribution in [0.4, 0.5) is 0 Å². The van der Waals surface area contributed by atoms with Crippen molar-refractivity contribution in [3.8, 4) is 0 Å². The maximum absolute atomic E-state index is 13.2. The van der Waals surface area contributed by atoms with Gasteiger partial charge in [0, 0.05) is 12.3 Å². The SMILES string of the molecule is C/C1=C/C[C@@H](c2ccc3c(c2)nc(C)n3CO)OC(=O)CC(O)C(C)(C)C(=O)C(C)[C@@H](O)C(C)CCC1. The number of ketones is 1. The van der Waals surface area contributed by atoms with Gasteiger partial charge in [-0.15, -0.1) is 0 Å². The number of Topliss-reactive ketones (excluding diaryl/α,β-unsaturated/α-hetero) is 1. The molecule has 1 aliphatic rings. The number of aliphatic hydroxyl groups excluding tert-OH is 3. The maximum atomic E-state index is 13.2. The largest absolute Gasteiger partial charge is 0.457 e. The lowest BCUT2D eigenvalue weighted by Gasteiger charge is -2.34. The Balaban J connectivity index is 1.94. The fourth-order valence-corrected chi connectivity index (χ4v) is 5.20. The van der Waals surface area contributed by atoms with Crippen LogP contribution in [0, 0.1) is 24.2 Å². The highest BCUT2D eigenvalue weighted by Crippen LogP contribution is 2.33. The van der Waals surface area contributed by atoms with Crippen LogP contribution in [0.15, 0.2) is 29.8 Å². The molecule has 8 heteroatoms. The van der Waals surface area contributed by atoms with Gasteiger partial charge in [0.2, 0.25) is 0 Å².